The van der Waals surface area contributed by atoms with Crippen molar-refractivity contribution in [2.45, 2.75) is 38.1 Å². The van der Waals surface area contributed by atoms with Gasteiger partial charge in [-0.25, -0.2) is 13.0 Å². The Morgan fingerprint density at radius 2 is 1.63 bits per heavy atom. The maximum absolute atomic E-state index is 11.5. The standard InChI is InChI=1S/C21H20N2O3S3.C7H10N.H2O3S/c1-3-22-16-8-4-6-10-18(16)27-20(22)12-15(2)13-21-23(14-29(24,25)26)17-9-5-7-11-19(17)28-21;1-2-8-6-4-3-5-7-8;1-4(2)3/h4-13H,3,14H2,1-2H3;3-7H,2H2,1H3;(H2,1,2,3)/q;+1;/p-2. The van der Waals surface area contributed by atoms with Gasteiger partial charge in [-0.1, -0.05) is 53.4 Å². The first-order valence-electron chi connectivity index (χ1n) is 12.5. The molecule has 4 aromatic rings. The van der Waals surface area contributed by atoms with Crippen molar-refractivity contribution >= 4 is 66.6 Å². The average molecular weight is 633 g/mol. The third-order valence-electron chi connectivity index (χ3n) is 5.72. The lowest BCUT2D eigenvalue weighted by Gasteiger charge is -2.17. The number of thioether (sulfide) groups is 1. The molecule has 9 nitrogen and oxygen atoms in total. The lowest BCUT2D eigenvalue weighted by atomic mass is 10.2. The number of thiazole rings is 1. The van der Waals surface area contributed by atoms with Crippen LogP contribution in [-0.4, -0.2) is 32.8 Å². The minimum atomic E-state index is -4.41. The summed E-state index contributed by atoms with van der Waals surface area (Å²) in [5.41, 5.74) is 2.94. The van der Waals surface area contributed by atoms with Crippen LogP contribution < -0.4 is 14.0 Å². The Bertz CT molecular complexity index is 1650. The maximum atomic E-state index is 11.5. The van der Waals surface area contributed by atoms with Crippen molar-refractivity contribution < 1.29 is 35.4 Å². The number of benzene rings is 2. The number of nitrogens with zero attached hydrogens (tertiary/aromatic N) is 3. The molecule has 0 fully saturated rings. The Labute approximate surface area is 251 Å². The Hall–Kier alpha value is -2.91. The van der Waals surface area contributed by atoms with Crippen molar-refractivity contribution in [3.63, 3.8) is 0 Å². The Kier molecular flexibility index (Phi) is 12.2. The van der Waals surface area contributed by atoms with Crippen LogP contribution in [0.5, 0.6) is 0 Å². The monoisotopic (exact) mass is 632 g/mol. The number of fused-ring (bicyclic) bond motifs is 2. The van der Waals surface area contributed by atoms with E-state index in [1.165, 1.54) is 21.9 Å². The van der Waals surface area contributed by atoms with Gasteiger partial charge in [0.2, 0.25) is 11.4 Å². The molecule has 2 aromatic heterocycles. The zero-order valence-corrected chi connectivity index (χ0v) is 26.0. The summed E-state index contributed by atoms with van der Waals surface area (Å²) in [4.78, 5) is 3.49. The minimum Gasteiger partial charge on any atom is -0.784 e. The van der Waals surface area contributed by atoms with E-state index in [2.05, 4.69) is 53.9 Å². The third-order valence-corrected chi connectivity index (χ3v) is 8.52. The van der Waals surface area contributed by atoms with Crippen molar-refractivity contribution in [3.05, 3.63) is 101 Å². The van der Waals surface area contributed by atoms with Crippen LogP contribution in [0.25, 0.3) is 16.3 Å². The van der Waals surface area contributed by atoms with E-state index >= 15 is 0 Å². The van der Waals surface area contributed by atoms with Gasteiger partial charge in [-0.05, 0) is 50.6 Å². The summed E-state index contributed by atoms with van der Waals surface area (Å²) in [5.74, 6) is -0.575. The fourth-order valence-corrected chi connectivity index (χ4v) is 7.10. The summed E-state index contributed by atoms with van der Waals surface area (Å²) < 4.78 is 64.3. The van der Waals surface area contributed by atoms with E-state index in [0.717, 1.165) is 38.9 Å². The number of hydrogen-bond acceptors (Lipinski definition) is 9. The van der Waals surface area contributed by atoms with E-state index in [4.69, 9.17) is 13.3 Å². The summed E-state index contributed by atoms with van der Waals surface area (Å²) in [5, 5.41) is 1.87. The normalized spacial score (nSPS) is 14.0. The van der Waals surface area contributed by atoms with E-state index in [1.54, 1.807) is 16.3 Å². The molecule has 0 unspecified atom stereocenters. The van der Waals surface area contributed by atoms with E-state index in [9.17, 15) is 13.0 Å². The number of anilines is 1. The average Bonchev–Trinajstić information content (AvgIpc) is 3.45. The number of rotatable bonds is 6. The van der Waals surface area contributed by atoms with Crippen LogP contribution in [0.15, 0.2) is 101 Å². The van der Waals surface area contributed by atoms with Crippen LogP contribution in [0.3, 0.4) is 0 Å². The second kappa shape index (κ2) is 15.4. The highest BCUT2D eigenvalue weighted by Crippen LogP contribution is 2.45. The lowest BCUT2D eigenvalue weighted by molar-refractivity contribution is -0.693. The molecule has 0 radical (unpaired) electrons. The molecule has 0 amide bonds. The van der Waals surface area contributed by atoms with Gasteiger partial charge in [0.1, 0.15) is 11.2 Å². The predicted molar refractivity (Wildman–Crippen MR) is 161 cm³/mol. The van der Waals surface area contributed by atoms with Crippen LogP contribution in [0.4, 0.5) is 5.69 Å². The molecule has 0 N–H and O–H groups in total. The smallest absolute Gasteiger partial charge is 0.263 e. The Morgan fingerprint density at radius 1 is 1.00 bits per heavy atom. The van der Waals surface area contributed by atoms with Gasteiger partial charge in [-0.3, -0.25) is 4.21 Å². The highest BCUT2D eigenvalue weighted by molar-refractivity contribution is 8.03. The minimum absolute atomic E-state index is 0.575. The van der Waals surface area contributed by atoms with Crippen LogP contribution in [0.2, 0.25) is 0 Å². The first-order chi connectivity index (χ1) is 19.5. The number of aromatic nitrogens is 2. The van der Waals surface area contributed by atoms with E-state index in [-0.39, 0.29) is 0 Å². The second-order valence-electron chi connectivity index (χ2n) is 8.62. The molecule has 0 bridgehead atoms. The first kappa shape index (κ1) is 32.6. The van der Waals surface area contributed by atoms with Gasteiger partial charge in [-0.2, -0.15) is 4.57 Å². The third kappa shape index (κ3) is 9.85. The van der Waals surface area contributed by atoms with Crippen LogP contribution in [0.1, 0.15) is 25.8 Å². The molecule has 0 spiro atoms. The van der Waals surface area contributed by atoms with Crippen molar-refractivity contribution in [2.24, 2.45) is 0 Å². The van der Waals surface area contributed by atoms with Gasteiger partial charge >= 0.3 is 0 Å². The topological polar surface area (TPSA) is 131 Å². The van der Waals surface area contributed by atoms with Crippen molar-refractivity contribution in [2.75, 3.05) is 11.4 Å². The molecule has 1 aliphatic heterocycles. The largest absolute Gasteiger partial charge is 0.784 e. The summed E-state index contributed by atoms with van der Waals surface area (Å²) >= 11 is 0.0911. The molecule has 3 heterocycles. The highest BCUT2D eigenvalue weighted by atomic mass is 32.2. The lowest BCUT2D eigenvalue weighted by Crippen LogP contribution is -2.39. The number of hydrogen-bond donors (Lipinski definition) is 0. The Balaban J connectivity index is 0.000000321. The summed E-state index contributed by atoms with van der Waals surface area (Å²) in [6.07, 6.45) is 8.16. The zero-order chi connectivity index (χ0) is 30.0. The molecule has 41 heavy (non-hydrogen) atoms. The quantitative estimate of drug-likeness (QED) is 0.172. The molecule has 0 saturated carbocycles. The number of pyridine rings is 1. The molecule has 13 heteroatoms. The van der Waals surface area contributed by atoms with Gasteiger partial charge in [-0.15, -0.1) is 11.4 Å². The van der Waals surface area contributed by atoms with Gasteiger partial charge in [0, 0.05) is 35.7 Å². The van der Waals surface area contributed by atoms with Crippen LogP contribution in [0, 0.1) is 0 Å². The maximum Gasteiger partial charge on any atom is 0.263 e. The van der Waals surface area contributed by atoms with Crippen LogP contribution >= 0.6 is 23.1 Å². The summed E-state index contributed by atoms with van der Waals surface area (Å²) in [6, 6.07) is 21.9. The van der Waals surface area contributed by atoms with Crippen molar-refractivity contribution in [3.8, 4) is 0 Å². The molecule has 0 aliphatic carbocycles. The van der Waals surface area contributed by atoms with Crippen LogP contribution in [-0.2, 0) is 33.9 Å². The van der Waals surface area contributed by atoms with E-state index in [1.807, 2.05) is 67.6 Å². The van der Waals surface area contributed by atoms with Gasteiger partial charge in [0.05, 0.1) is 10.7 Å². The molecule has 2 aromatic carbocycles. The van der Waals surface area contributed by atoms with E-state index in [0.29, 0.717) is 0 Å². The highest BCUT2D eigenvalue weighted by Gasteiger charge is 2.24. The SMILES string of the molecule is CCN1/C(=C\C(C)=C/c2sc3ccccc3[n+]2CS(=O)(=O)[O-])Sc2ccccc21.CC[n+]1ccccc1.O=S([O-])[O-]. The molecular weight excluding hydrogens is 603 g/mol. The number of allylic oxidation sites excluding steroid dienone is 2. The number of aryl methyl sites for hydroxylation is 1. The zero-order valence-electron chi connectivity index (χ0n) is 22.7. The fraction of sp³-hybridized carbons (Fsp3) is 0.214. The summed E-state index contributed by atoms with van der Waals surface area (Å²) in [7, 11) is -4.41. The molecule has 5 rings (SSSR count). The molecule has 0 atom stereocenters. The summed E-state index contributed by atoms with van der Waals surface area (Å²) in [6.45, 7) is 8.15. The van der Waals surface area contributed by atoms with Crippen molar-refractivity contribution in [1.29, 1.82) is 0 Å². The first-order valence-corrected chi connectivity index (χ1v) is 16.7. The van der Waals surface area contributed by atoms with Crippen molar-refractivity contribution in [1.82, 2.24) is 0 Å². The predicted octanol–water partition coefficient (Wildman–Crippen LogP) is 4.56. The molecule has 218 valence electrons. The van der Waals surface area contributed by atoms with E-state index < -0.39 is 27.4 Å². The fourth-order valence-electron chi connectivity index (χ4n) is 4.01. The van der Waals surface area contributed by atoms with Gasteiger partial charge < -0.3 is 18.6 Å². The second-order valence-corrected chi connectivity index (χ2v) is 12.5. The molecule has 1 aliphatic rings. The van der Waals surface area contributed by atoms with Gasteiger partial charge in [0.15, 0.2) is 22.5 Å². The Morgan fingerprint density at radius 3 is 2.24 bits per heavy atom. The molecule has 0 saturated heterocycles. The van der Waals surface area contributed by atoms with Gasteiger partial charge in [0.25, 0.3) is 5.01 Å². The molecular formula is C28H30N3O6S4-. The number of para-hydroxylation sites is 2.